The van der Waals surface area contributed by atoms with E-state index in [2.05, 4.69) is 59.9 Å². The highest BCUT2D eigenvalue weighted by molar-refractivity contribution is 5.76. The summed E-state index contributed by atoms with van der Waals surface area (Å²) in [5, 5.41) is 9.77. The third kappa shape index (κ3) is 4.46. The first-order valence-corrected chi connectivity index (χ1v) is 9.58. The second-order valence-electron chi connectivity index (χ2n) is 8.46. The molecule has 3 rings (SSSR count). The first kappa shape index (κ1) is 19.3. The van der Waals surface area contributed by atoms with Gasteiger partial charge in [0.15, 0.2) is 11.4 Å². The van der Waals surface area contributed by atoms with E-state index < -0.39 is 0 Å². The summed E-state index contributed by atoms with van der Waals surface area (Å²) in [6.07, 6.45) is 4.55. The number of benzene rings is 1. The minimum atomic E-state index is -0.165. The summed E-state index contributed by atoms with van der Waals surface area (Å²) in [5.41, 5.74) is 3.20. The summed E-state index contributed by atoms with van der Waals surface area (Å²) in [4.78, 5) is 21.9. The first-order chi connectivity index (χ1) is 12.8. The molecule has 5 heteroatoms. The molecular formula is C22H28N3O2. The van der Waals surface area contributed by atoms with E-state index in [0.717, 1.165) is 32.4 Å². The maximum atomic E-state index is 10.9. The predicted molar refractivity (Wildman–Crippen MR) is 107 cm³/mol. The van der Waals surface area contributed by atoms with Gasteiger partial charge in [-0.1, -0.05) is 32.9 Å². The zero-order valence-corrected chi connectivity index (χ0v) is 16.6. The van der Waals surface area contributed by atoms with Crippen LogP contribution in [0.4, 0.5) is 5.69 Å². The topological polar surface area (TPSA) is 66.3 Å². The number of aryl methyl sites for hydroxylation is 1. The molecule has 1 aromatic carbocycles. The molecule has 2 heterocycles. The van der Waals surface area contributed by atoms with E-state index in [1.54, 1.807) is 13.2 Å². The molecule has 1 radical (unpaired) electrons. The van der Waals surface area contributed by atoms with Gasteiger partial charge in [0.1, 0.15) is 5.82 Å². The molecule has 0 atom stereocenters. The molecule has 1 aliphatic heterocycles. The molecule has 0 aliphatic carbocycles. The van der Waals surface area contributed by atoms with E-state index in [0.29, 0.717) is 17.4 Å². The standard InChI is InChI=1S/C22H28N3O2/c1-15-21(27)19(14-26)24-20(23-15)12-16-8-10-25(11-9-16)18-7-5-6-17(13-18)22(2,3)4/h5-7,13,16,27H,8-12H2,1-4H3. The number of anilines is 1. The van der Waals surface area contributed by atoms with Crippen molar-refractivity contribution >= 4 is 12.0 Å². The van der Waals surface area contributed by atoms with Crippen LogP contribution in [0.5, 0.6) is 5.75 Å². The number of rotatable bonds is 4. The minimum absolute atomic E-state index is 0.0334. The van der Waals surface area contributed by atoms with Crippen LogP contribution in [0.25, 0.3) is 0 Å². The Morgan fingerprint density at radius 1 is 1.22 bits per heavy atom. The fourth-order valence-corrected chi connectivity index (χ4v) is 3.61. The van der Waals surface area contributed by atoms with Crippen molar-refractivity contribution in [2.75, 3.05) is 18.0 Å². The summed E-state index contributed by atoms with van der Waals surface area (Å²) < 4.78 is 0. The average molecular weight is 366 g/mol. The number of hydrogen-bond acceptors (Lipinski definition) is 5. The molecule has 0 amide bonds. The van der Waals surface area contributed by atoms with Gasteiger partial charge in [0.05, 0.1) is 5.69 Å². The second-order valence-corrected chi connectivity index (χ2v) is 8.46. The van der Waals surface area contributed by atoms with Crippen LogP contribution < -0.4 is 4.90 Å². The molecule has 0 saturated carbocycles. The summed E-state index contributed by atoms with van der Waals surface area (Å²) in [7, 11) is 0. The highest BCUT2D eigenvalue weighted by atomic mass is 16.3. The number of piperidine rings is 1. The van der Waals surface area contributed by atoms with Crippen molar-refractivity contribution in [2.24, 2.45) is 5.92 Å². The van der Waals surface area contributed by atoms with Crippen LogP contribution in [0, 0.1) is 12.8 Å². The molecular weight excluding hydrogens is 338 g/mol. The quantitative estimate of drug-likeness (QED) is 0.894. The average Bonchev–Trinajstić information content (AvgIpc) is 2.64. The predicted octanol–water partition coefficient (Wildman–Crippen LogP) is 3.71. The highest BCUT2D eigenvalue weighted by Crippen LogP contribution is 2.30. The van der Waals surface area contributed by atoms with Gasteiger partial charge in [-0.15, -0.1) is 0 Å². The van der Waals surface area contributed by atoms with Gasteiger partial charge in [-0.25, -0.2) is 9.97 Å². The van der Waals surface area contributed by atoms with E-state index in [1.165, 1.54) is 11.3 Å². The Morgan fingerprint density at radius 2 is 1.93 bits per heavy atom. The van der Waals surface area contributed by atoms with Crippen molar-refractivity contribution in [3.63, 3.8) is 0 Å². The van der Waals surface area contributed by atoms with E-state index in [4.69, 9.17) is 0 Å². The van der Waals surface area contributed by atoms with Crippen LogP contribution in [-0.2, 0) is 16.6 Å². The van der Waals surface area contributed by atoms with Crippen LogP contribution in [0.3, 0.4) is 0 Å². The molecule has 27 heavy (non-hydrogen) atoms. The van der Waals surface area contributed by atoms with Gasteiger partial charge in [0.25, 0.3) is 6.29 Å². The molecule has 1 fully saturated rings. The van der Waals surface area contributed by atoms with Crippen LogP contribution in [0.2, 0.25) is 0 Å². The smallest absolute Gasteiger partial charge is 0.257 e. The van der Waals surface area contributed by atoms with E-state index >= 15 is 0 Å². The Morgan fingerprint density at radius 3 is 2.56 bits per heavy atom. The molecule has 0 bridgehead atoms. The molecule has 1 aromatic heterocycles. The Labute approximate surface area is 161 Å². The maximum Gasteiger partial charge on any atom is 0.257 e. The summed E-state index contributed by atoms with van der Waals surface area (Å²) in [6, 6.07) is 8.84. The summed E-state index contributed by atoms with van der Waals surface area (Å²) >= 11 is 0. The van der Waals surface area contributed by atoms with Crippen LogP contribution in [0.15, 0.2) is 24.3 Å². The monoisotopic (exact) mass is 366 g/mol. The Hall–Kier alpha value is -2.43. The summed E-state index contributed by atoms with van der Waals surface area (Å²) in [6.45, 7) is 10.4. The second kappa shape index (κ2) is 7.67. The number of aromatic hydroxyl groups is 1. The number of carbonyl (C=O) groups excluding carboxylic acids is 1. The van der Waals surface area contributed by atoms with Crippen molar-refractivity contribution in [2.45, 2.75) is 52.4 Å². The Bertz CT molecular complexity index is 819. The lowest BCUT2D eigenvalue weighted by molar-refractivity contribution is 0.394. The van der Waals surface area contributed by atoms with Gasteiger partial charge in [-0.05, 0) is 48.8 Å². The highest BCUT2D eigenvalue weighted by Gasteiger charge is 2.23. The zero-order chi connectivity index (χ0) is 19.6. The minimum Gasteiger partial charge on any atom is -0.504 e. The maximum absolute atomic E-state index is 10.9. The van der Waals surface area contributed by atoms with Crippen LogP contribution in [-0.4, -0.2) is 34.5 Å². The first-order valence-electron chi connectivity index (χ1n) is 9.58. The zero-order valence-electron chi connectivity index (χ0n) is 16.6. The van der Waals surface area contributed by atoms with Gasteiger partial charge < -0.3 is 10.0 Å². The van der Waals surface area contributed by atoms with E-state index in [9.17, 15) is 9.90 Å². The Balaban J connectivity index is 1.64. The lowest BCUT2D eigenvalue weighted by Crippen LogP contribution is -2.34. The van der Waals surface area contributed by atoms with Crippen molar-refractivity contribution in [1.29, 1.82) is 0 Å². The van der Waals surface area contributed by atoms with Gasteiger partial charge in [-0.3, -0.25) is 4.79 Å². The molecule has 0 unspecified atom stereocenters. The molecule has 1 saturated heterocycles. The van der Waals surface area contributed by atoms with Crippen molar-refractivity contribution in [3.8, 4) is 5.75 Å². The van der Waals surface area contributed by atoms with Crippen molar-refractivity contribution in [3.05, 3.63) is 47.0 Å². The van der Waals surface area contributed by atoms with Crippen LogP contribution in [0.1, 0.15) is 56.4 Å². The lowest BCUT2D eigenvalue weighted by atomic mass is 9.86. The number of hydrogen-bond donors (Lipinski definition) is 1. The largest absolute Gasteiger partial charge is 0.504 e. The van der Waals surface area contributed by atoms with E-state index in [-0.39, 0.29) is 16.9 Å². The molecule has 143 valence electrons. The molecule has 0 spiro atoms. The molecule has 1 N–H and O–H groups in total. The normalized spacial score (nSPS) is 15.8. The third-order valence-electron chi connectivity index (χ3n) is 5.36. The van der Waals surface area contributed by atoms with Crippen LogP contribution >= 0.6 is 0 Å². The number of aromatic nitrogens is 2. The summed E-state index contributed by atoms with van der Waals surface area (Å²) in [5.74, 6) is 0.939. The van der Waals surface area contributed by atoms with Gasteiger partial charge >= 0.3 is 0 Å². The Kier molecular flexibility index (Phi) is 5.49. The van der Waals surface area contributed by atoms with Crippen molar-refractivity contribution < 1.29 is 9.90 Å². The van der Waals surface area contributed by atoms with Gasteiger partial charge in [0.2, 0.25) is 0 Å². The molecule has 2 aromatic rings. The van der Waals surface area contributed by atoms with E-state index in [1.807, 2.05) is 0 Å². The van der Waals surface area contributed by atoms with Gasteiger partial charge in [0, 0.05) is 25.2 Å². The fraction of sp³-hybridized carbons (Fsp3) is 0.500. The molecule has 1 aliphatic rings. The van der Waals surface area contributed by atoms with Gasteiger partial charge in [-0.2, -0.15) is 0 Å². The SMILES string of the molecule is Cc1nc(CC2CCN(c3cccc(C(C)(C)C)c3)CC2)nc([C]=O)c1O. The van der Waals surface area contributed by atoms with Crippen molar-refractivity contribution in [1.82, 2.24) is 9.97 Å². The third-order valence-corrected chi connectivity index (χ3v) is 5.36. The number of nitrogens with zero attached hydrogens (tertiary/aromatic N) is 3. The fourth-order valence-electron chi connectivity index (χ4n) is 3.61. The molecule has 5 nitrogen and oxygen atoms in total. The lowest BCUT2D eigenvalue weighted by Gasteiger charge is -2.34.